The van der Waals surface area contributed by atoms with Crippen LogP contribution in [-0.4, -0.2) is 40.8 Å². The summed E-state index contributed by atoms with van der Waals surface area (Å²) in [5.74, 6) is 2.53. The number of rotatable bonds is 2. The quantitative estimate of drug-likeness (QED) is 0.852. The van der Waals surface area contributed by atoms with Gasteiger partial charge in [0, 0.05) is 31.6 Å². The molecule has 1 aliphatic heterocycles. The van der Waals surface area contributed by atoms with Gasteiger partial charge in [0.05, 0.1) is 5.60 Å². The third kappa shape index (κ3) is 3.15. The van der Waals surface area contributed by atoms with E-state index in [1.165, 1.54) is 0 Å². The molecule has 0 spiro atoms. The summed E-state index contributed by atoms with van der Waals surface area (Å²) in [6, 6.07) is 1.94. The van der Waals surface area contributed by atoms with Crippen LogP contribution in [0.1, 0.15) is 39.9 Å². The molecule has 1 aromatic heterocycles. The Morgan fingerprint density at radius 2 is 2.05 bits per heavy atom. The molecule has 2 N–H and O–H groups in total. The van der Waals surface area contributed by atoms with Crippen molar-refractivity contribution >= 4 is 11.6 Å². The van der Waals surface area contributed by atoms with E-state index >= 15 is 0 Å². The van der Waals surface area contributed by atoms with E-state index in [4.69, 9.17) is 0 Å². The Bertz CT molecular complexity index is 465. The molecular formula is C14H24N4O. The molecule has 2 rings (SSSR count). The van der Waals surface area contributed by atoms with Crippen LogP contribution < -0.4 is 10.2 Å². The molecule has 1 atom stereocenters. The first-order valence-electron chi connectivity index (χ1n) is 6.76. The van der Waals surface area contributed by atoms with Crippen LogP contribution in [0.4, 0.5) is 11.6 Å². The van der Waals surface area contributed by atoms with Gasteiger partial charge in [0.25, 0.3) is 0 Å². The lowest BCUT2D eigenvalue weighted by atomic mass is 9.96. The maximum Gasteiger partial charge on any atom is 0.138 e. The second-order valence-electron chi connectivity index (χ2n) is 6.60. The first kappa shape index (κ1) is 14.1. The molecule has 5 nitrogen and oxygen atoms in total. The fourth-order valence-electron chi connectivity index (χ4n) is 2.20. The molecule has 0 aromatic carbocycles. The van der Waals surface area contributed by atoms with Crippen molar-refractivity contribution in [2.45, 2.75) is 45.1 Å². The third-order valence-corrected chi connectivity index (χ3v) is 3.42. The number of hydrogen-bond acceptors (Lipinski definition) is 5. The summed E-state index contributed by atoms with van der Waals surface area (Å²) in [4.78, 5) is 11.3. The Labute approximate surface area is 115 Å². The maximum absolute atomic E-state index is 10.1. The lowest BCUT2D eigenvalue weighted by molar-refractivity contribution is 0.0839. The van der Waals surface area contributed by atoms with E-state index < -0.39 is 5.60 Å². The number of anilines is 2. The van der Waals surface area contributed by atoms with Crippen LogP contribution in [0.3, 0.4) is 0 Å². The zero-order valence-electron chi connectivity index (χ0n) is 12.5. The molecule has 1 fully saturated rings. The van der Waals surface area contributed by atoms with Gasteiger partial charge < -0.3 is 15.3 Å². The van der Waals surface area contributed by atoms with Gasteiger partial charge >= 0.3 is 0 Å². The number of nitrogens with zero attached hydrogens (tertiary/aromatic N) is 3. The molecule has 0 saturated carbocycles. The summed E-state index contributed by atoms with van der Waals surface area (Å²) in [6.45, 7) is 9.63. The summed E-state index contributed by atoms with van der Waals surface area (Å²) in [7, 11) is 1.86. The second kappa shape index (κ2) is 4.63. The lowest BCUT2D eigenvalue weighted by Crippen LogP contribution is -2.30. The summed E-state index contributed by atoms with van der Waals surface area (Å²) >= 11 is 0. The molecule has 1 aromatic rings. The van der Waals surface area contributed by atoms with E-state index in [0.717, 1.165) is 30.4 Å². The van der Waals surface area contributed by atoms with Crippen LogP contribution in [0.2, 0.25) is 0 Å². The first-order valence-corrected chi connectivity index (χ1v) is 6.76. The average Bonchev–Trinajstić information content (AvgIpc) is 2.68. The molecule has 1 unspecified atom stereocenters. The standard InChI is InChI=1S/C14H24N4O/c1-13(2,3)12-16-10(15-5)8-11(17-12)18-7-6-14(4,19)9-18/h8,19H,6-7,9H2,1-5H3,(H,15,16,17). The van der Waals surface area contributed by atoms with E-state index in [1.54, 1.807) is 0 Å². The minimum absolute atomic E-state index is 0.0934. The maximum atomic E-state index is 10.1. The molecule has 2 heterocycles. The number of aromatic nitrogens is 2. The van der Waals surface area contributed by atoms with Gasteiger partial charge in [-0.25, -0.2) is 9.97 Å². The summed E-state index contributed by atoms with van der Waals surface area (Å²) in [6.07, 6.45) is 0.775. The number of hydrogen-bond donors (Lipinski definition) is 2. The molecular weight excluding hydrogens is 240 g/mol. The average molecular weight is 264 g/mol. The van der Waals surface area contributed by atoms with Gasteiger partial charge in [-0.3, -0.25) is 0 Å². The van der Waals surface area contributed by atoms with Crippen LogP contribution in [0.25, 0.3) is 0 Å². The lowest BCUT2D eigenvalue weighted by Gasteiger charge is -2.23. The predicted octanol–water partition coefficient (Wildman–Crippen LogP) is 1.78. The van der Waals surface area contributed by atoms with Gasteiger partial charge in [-0.15, -0.1) is 0 Å². The van der Waals surface area contributed by atoms with Gasteiger partial charge in [-0.2, -0.15) is 0 Å². The first-order chi connectivity index (χ1) is 8.71. The van der Waals surface area contributed by atoms with Gasteiger partial charge in [0.2, 0.25) is 0 Å². The van der Waals surface area contributed by atoms with Crippen molar-refractivity contribution in [2.24, 2.45) is 0 Å². The van der Waals surface area contributed by atoms with Crippen molar-refractivity contribution in [2.75, 3.05) is 30.4 Å². The molecule has 0 bridgehead atoms. The van der Waals surface area contributed by atoms with Crippen molar-refractivity contribution in [3.8, 4) is 0 Å². The zero-order chi connectivity index (χ0) is 14.3. The van der Waals surface area contributed by atoms with Gasteiger partial charge in [0.15, 0.2) is 0 Å². The van der Waals surface area contributed by atoms with Crippen molar-refractivity contribution in [1.82, 2.24) is 9.97 Å². The van der Waals surface area contributed by atoms with Gasteiger partial charge in [-0.05, 0) is 13.3 Å². The van der Waals surface area contributed by atoms with E-state index in [1.807, 2.05) is 20.0 Å². The summed E-state index contributed by atoms with van der Waals surface area (Å²) in [5.41, 5.74) is -0.712. The van der Waals surface area contributed by atoms with E-state index in [9.17, 15) is 5.11 Å². The van der Waals surface area contributed by atoms with Crippen LogP contribution >= 0.6 is 0 Å². The van der Waals surface area contributed by atoms with E-state index in [2.05, 4.69) is 41.0 Å². The van der Waals surface area contributed by atoms with Crippen molar-refractivity contribution in [3.05, 3.63) is 11.9 Å². The molecule has 1 aliphatic rings. The molecule has 5 heteroatoms. The zero-order valence-corrected chi connectivity index (χ0v) is 12.5. The Hall–Kier alpha value is -1.36. The molecule has 19 heavy (non-hydrogen) atoms. The fourth-order valence-corrected chi connectivity index (χ4v) is 2.20. The van der Waals surface area contributed by atoms with E-state index in [0.29, 0.717) is 6.54 Å². The number of nitrogens with one attached hydrogen (secondary N) is 1. The highest BCUT2D eigenvalue weighted by atomic mass is 16.3. The largest absolute Gasteiger partial charge is 0.388 e. The Morgan fingerprint density at radius 3 is 2.53 bits per heavy atom. The van der Waals surface area contributed by atoms with Gasteiger partial charge in [0.1, 0.15) is 17.5 Å². The van der Waals surface area contributed by atoms with Crippen molar-refractivity contribution in [1.29, 1.82) is 0 Å². The number of β-amino-alcohol motifs (C(OH)–C–C–N with tert-alkyl or cyclic N) is 1. The van der Waals surface area contributed by atoms with Gasteiger partial charge in [-0.1, -0.05) is 20.8 Å². The monoisotopic (exact) mass is 264 g/mol. The minimum Gasteiger partial charge on any atom is -0.388 e. The van der Waals surface area contributed by atoms with Crippen LogP contribution in [0.15, 0.2) is 6.07 Å². The minimum atomic E-state index is -0.618. The molecule has 0 amide bonds. The van der Waals surface area contributed by atoms with Crippen LogP contribution in [0.5, 0.6) is 0 Å². The molecule has 0 radical (unpaired) electrons. The highest BCUT2D eigenvalue weighted by Crippen LogP contribution is 2.28. The molecule has 106 valence electrons. The summed E-state index contributed by atoms with van der Waals surface area (Å²) < 4.78 is 0. The highest BCUT2D eigenvalue weighted by molar-refractivity contribution is 5.50. The smallest absolute Gasteiger partial charge is 0.138 e. The van der Waals surface area contributed by atoms with Crippen molar-refractivity contribution in [3.63, 3.8) is 0 Å². The third-order valence-electron chi connectivity index (χ3n) is 3.42. The Morgan fingerprint density at radius 1 is 1.37 bits per heavy atom. The molecule has 0 aliphatic carbocycles. The highest BCUT2D eigenvalue weighted by Gasteiger charge is 2.32. The Kier molecular flexibility index (Phi) is 3.43. The normalized spacial score (nSPS) is 23.8. The molecule has 1 saturated heterocycles. The van der Waals surface area contributed by atoms with Crippen LogP contribution in [-0.2, 0) is 5.41 Å². The van der Waals surface area contributed by atoms with E-state index in [-0.39, 0.29) is 5.41 Å². The predicted molar refractivity (Wildman–Crippen MR) is 77.7 cm³/mol. The Balaban J connectivity index is 2.35. The van der Waals surface area contributed by atoms with Crippen LogP contribution in [0, 0.1) is 0 Å². The second-order valence-corrected chi connectivity index (χ2v) is 6.60. The number of aliphatic hydroxyl groups is 1. The summed E-state index contributed by atoms with van der Waals surface area (Å²) in [5, 5.41) is 13.2. The topological polar surface area (TPSA) is 61.3 Å². The fraction of sp³-hybridized carbons (Fsp3) is 0.714. The van der Waals surface area contributed by atoms with Crippen molar-refractivity contribution < 1.29 is 5.11 Å². The SMILES string of the molecule is CNc1cc(N2CCC(C)(O)C2)nc(C(C)(C)C)n1.